The number of rotatable bonds is 4. The minimum atomic E-state index is -0.268. The Morgan fingerprint density at radius 1 is 1.15 bits per heavy atom. The molecule has 3 aromatic rings. The molecule has 0 radical (unpaired) electrons. The minimum absolute atomic E-state index is 0.249. The van der Waals surface area contributed by atoms with Crippen LogP contribution in [0.4, 0.5) is 10.1 Å². The molecule has 1 amide bonds. The molecule has 2 aromatic carbocycles. The van der Waals surface area contributed by atoms with Gasteiger partial charge in [0, 0.05) is 29.4 Å². The van der Waals surface area contributed by atoms with Crippen LogP contribution in [0.5, 0.6) is 0 Å². The molecule has 0 aliphatic carbocycles. The molecule has 1 N–H and O–H groups in total. The third kappa shape index (κ3) is 3.87. The van der Waals surface area contributed by atoms with Gasteiger partial charge in [0.1, 0.15) is 11.6 Å². The van der Waals surface area contributed by atoms with E-state index in [2.05, 4.69) is 10.3 Å². The zero-order valence-corrected chi connectivity index (χ0v) is 14.5. The van der Waals surface area contributed by atoms with Gasteiger partial charge in [0.2, 0.25) is 5.91 Å². The number of carbonyl (C=O) groups excluding carboxylic acids is 1. The van der Waals surface area contributed by atoms with E-state index in [1.54, 1.807) is 24.5 Å². The number of aliphatic imine (C=N–C) groups is 1. The molecule has 0 unspecified atom stereocenters. The lowest BCUT2D eigenvalue weighted by molar-refractivity contribution is -0.111. The summed E-state index contributed by atoms with van der Waals surface area (Å²) in [6.07, 6.45) is 5.38. The molecule has 5 heteroatoms. The fourth-order valence-corrected chi connectivity index (χ4v) is 3.05. The Hall–Kier alpha value is -3.47. The van der Waals surface area contributed by atoms with Crippen LogP contribution in [0.25, 0.3) is 6.08 Å². The monoisotopic (exact) mass is 360 g/mol. The molecule has 4 nitrogen and oxygen atoms in total. The number of nitrogens with zero attached hydrogens (tertiary/aromatic N) is 1. The second kappa shape index (κ2) is 7.41. The van der Waals surface area contributed by atoms with Crippen molar-refractivity contribution in [2.45, 2.75) is 6.42 Å². The van der Waals surface area contributed by atoms with Crippen molar-refractivity contribution in [2.24, 2.45) is 4.99 Å². The Morgan fingerprint density at radius 2 is 2.00 bits per heavy atom. The van der Waals surface area contributed by atoms with Crippen molar-refractivity contribution in [3.05, 3.63) is 95.2 Å². The fraction of sp³-hybridized carbons (Fsp3) is 0.0909. The van der Waals surface area contributed by atoms with Crippen molar-refractivity contribution in [3.8, 4) is 0 Å². The van der Waals surface area contributed by atoms with Crippen LogP contribution in [0.2, 0.25) is 0 Å². The van der Waals surface area contributed by atoms with Crippen molar-refractivity contribution < 1.29 is 13.6 Å². The van der Waals surface area contributed by atoms with Gasteiger partial charge in [-0.05, 0) is 54.5 Å². The maximum atomic E-state index is 13.7. The van der Waals surface area contributed by atoms with E-state index in [0.29, 0.717) is 18.0 Å². The first-order valence-corrected chi connectivity index (χ1v) is 8.65. The summed E-state index contributed by atoms with van der Waals surface area (Å²) >= 11 is 0. The van der Waals surface area contributed by atoms with Gasteiger partial charge in [-0.2, -0.15) is 0 Å². The van der Waals surface area contributed by atoms with E-state index >= 15 is 0 Å². The predicted molar refractivity (Wildman–Crippen MR) is 103 cm³/mol. The summed E-state index contributed by atoms with van der Waals surface area (Å²) in [6, 6.07) is 15.7. The fourth-order valence-electron chi connectivity index (χ4n) is 3.05. The third-order valence-electron chi connectivity index (χ3n) is 4.35. The van der Waals surface area contributed by atoms with Gasteiger partial charge in [0.15, 0.2) is 0 Å². The molecular weight excluding hydrogens is 343 g/mol. The Morgan fingerprint density at radius 3 is 2.78 bits per heavy atom. The van der Waals surface area contributed by atoms with Gasteiger partial charge in [0.25, 0.3) is 0 Å². The maximum Gasteiger partial charge on any atom is 0.248 e. The number of anilines is 1. The number of carbonyl (C=O) groups is 1. The molecule has 2 heterocycles. The molecular formula is C22H17FN2O2. The molecule has 0 saturated heterocycles. The second-order valence-corrected chi connectivity index (χ2v) is 6.20. The number of hydrogen-bond donors (Lipinski definition) is 1. The van der Waals surface area contributed by atoms with Gasteiger partial charge in [-0.3, -0.25) is 9.79 Å². The SMILES string of the molecule is O=C(/C=C/c1ccco1)Nc1ccc(C2=NCCc3ccc(F)cc32)cc1. The Labute approximate surface area is 156 Å². The van der Waals surface area contributed by atoms with Crippen LogP contribution < -0.4 is 5.32 Å². The topological polar surface area (TPSA) is 54.6 Å². The van der Waals surface area contributed by atoms with E-state index in [4.69, 9.17) is 4.42 Å². The number of amides is 1. The summed E-state index contributed by atoms with van der Waals surface area (Å²) in [6.45, 7) is 0.685. The summed E-state index contributed by atoms with van der Waals surface area (Å²) in [4.78, 5) is 16.6. The summed E-state index contributed by atoms with van der Waals surface area (Å²) in [5.74, 6) is 0.0962. The molecule has 1 aliphatic heterocycles. The first-order chi connectivity index (χ1) is 13.2. The Balaban J connectivity index is 1.49. The van der Waals surface area contributed by atoms with Crippen molar-refractivity contribution in [2.75, 3.05) is 11.9 Å². The molecule has 0 saturated carbocycles. The number of nitrogens with one attached hydrogen (secondary N) is 1. The van der Waals surface area contributed by atoms with Gasteiger partial charge in [-0.1, -0.05) is 18.2 Å². The number of benzene rings is 2. The van der Waals surface area contributed by atoms with E-state index in [0.717, 1.165) is 28.8 Å². The highest BCUT2D eigenvalue weighted by Gasteiger charge is 2.16. The molecule has 27 heavy (non-hydrogen) atoms. The van der Waals surface area contributed by atoms with Gasteiger partial charge in [-0.15, -0.1) is 0 Å². The van der Waals surface area contributed by atoms with Gasteiger partial charge in [0.05, 0.1) is 12.0 Å². The summed E-state index contributed by atoms with van der Waals surface area (Å²) in [5, 5.41) is 2.80. The average molecular weight is 360 g/mol. The molecule has 0 bridgehead atoms. The highest BCUT2D eigenvalue weighted by atomic mass is 19.1. The van der Waals surface area contributed by atoms with Crippen molar-refractivity contribution in [1.82, 2.24) is 0 Å². The summed E-state index contributed by atoms with van der Waals surface area (Å²) < 4.78 is 18.8. The summed E-state index contributed by atoms with van der Waals surface area (Å²) in [7, 11) is 0. The van der Waals surface area contributed by atoms with Gasteiger partial charge < -0.3 is 9.73 Å². The summed E-state index contributed by atoms with van der Waals surface area (Å²) in [5.41, 5.74) is 4.28. The number of furan rings is 1. The first kappa shape index (κ1) is 17.0. The highest BCUT2D eigenvalue weighted by Crippen LogP contribution is 2.22. The van der Waals surface area contributed by atoms with Crippen molar-refractivity contribution in [3.63, 3.8) is 0 Å². The molecule has 0 atom stereocenters. The maximum absolute atomic E-state index is 13.7. The number of hydrogen-bond acceptors (Lipinski definition) is 3. The Kier molecular flexibility index (Phi) is 4.66. The van der Waals surface area contributed by atoms with E-state index in [1.165, 1.54) is 18.2 Å². The minimum Gasteiger partial charge on any atom is -0.465 e. The largest absolute Gasteiger partial charge is 0.465 e. The van der Waals surface area contributed by atoms with Gasteiger partial charge in [-0.25, -0.2) is 4.39 Å². The molecule has 0 fully saturated rings. The molecule has 4 rings (SSSR count). The van der Waals surface area contributed by atoms with Crippen molar-refractivity contribution in [1.29, 1.82) is 0 Å². The standard InChI is InChI=1S/C22H17FN2O2/c23-17-6-3-15-11-12-24-22(20(15)14-17)16-4-7-18(8-5-16)25-21(26)10-9-19-2-1-13-27-19/h1-10,13-14H,11-12H2,(H,25,26)/b10-9+. The van der Waals surface area contributed by atoms with E-state index in [9.17, 15) is 9.18 Å². The van der Waals surface area contributed by atoms with Crippen LogP contribution in [-0.4, -0.2) is 18.2 Å². The van der Waals surface area contributed by atoms with Gasteiger partial charge >= 0.3 is 0 Å². The molecule has 134 valence electrons. The lowest BCUT2D eigenvalue weighted by Crippen LogP contribution is -2.14. The molecule has 1 aromatic heterocycles. The number of fused-ring (bicyclic) bond motifs is 1. The quantitative estimate of drug-likeness (QED) is 0.698. The predicted octanol–water partition coefficient (Wildman–Crippen LogP) is 4.46. The zero-order chi connectivity index (χ0) is 18.6. The number of halogens is 1. The lowest BCUT2D eigenvalue weighted by atomic mass is 9.93. The molecule has 0 spiro atoms. The smallest absolute Gasteiger partial charge is 0.248 e. The first-order valence-electron chi connectivity index (χ1n) is 8.65. The average Bonchev–Trinajstić information content (AvgIpc) is 3.20. The van der Waals surface area contributed by atoms with Crippen LogP contribution in [0.3, 0.4) is 0 Å². The van der Waals surface area contributed by atoms with E-state index in [-0.39, 0.29) is 11.7 Å². The van der Waals surface area contributed by atoms with E-state index in [1.807, 2.05) is 30.3 Å². The van der Waals surface area contributed by atoms with Crippen LogP contribution in [-0.2, 0) is 11.2 Å². The van der Waals surface area contributed by atoms with Crippen LogP contribution >= 0.6 is 0 Å². The lowest BCUT2D eigenvalue weighted by Gasteiger charge is -2.17. The van der Waals surface area contributed by atoms with Crippen molar-refractivity contribution >= 4 is 23.4 Å². The zero-order valence-electron chi connectivity index (χ0n) is 14.5. The normalized spacial score (nSPS) is 13.3. The third-order valence-corrected chi connectivity index (χ3v) is 4.35. The second-order valence-electron chi connectivity index (χ2n) is 6.20. The van der Waals surface area contributed by atoms with E-state index < -0.39 is 0 Å². The highest BCUT2D eigenvalue weighted by molar-refractivity contribution is 6.14. The van der Waals surface area contributed by atoms with Crippen LogP contribution in [0.15, 0.2) is 76.3 Å². The molecule has 1 aliphatic rings. The van der Waals surface area contributed by atoms with Crippen LogP contribution in [0.1, 0.15) is 22.5 Å². The van der Waals surface area contributed by atoms with Crippen LogP contribution in [0, 0.1) is 5.82 Å². The Bertz CT molecular complexity index is 1020.